The molecule has 3 aromatic rings. The van der Waals surface area contributed by atoms with Gasteiger partial charge >= 0.3 is 6.03 Å². The van der Waals surface area contributed by atoms with Crippen molar-refractivity contribution < 1.29 is 29.3 Å². The van der Waals surface area contributed by atoms with Crippen molar-refractivity contribution in [2.45, 2.75) is 62.9 Å². The number of aliphatic hydroxyl groups is 2. The second kappa shape index (κ2) is 14.8. The van der Waals surface area contributed by atoms with E-state index in [9.17, 15) is 19.8 Å². The Morgan fingerprint density at radius 2 is 1.73 bits per heavy atom. The van der Waals surface area contributed by atoms with Gasteiger partial charge in [-0.3, -0.25) is 10.1 Å². The molecule has 44 heavy (non-hydrogen) atoms. The third-order valence-electron chi connectivity index (χ3n) is 7.87. The van der Waals surface area contributed by atoms with Crippen LogP contribution in [0.1, 0.15) is 30.5 Å². The summed E-state index contributed by atoms with van der Waals surface area (Å²) in [5, 5.41) is 31.6. The summed E-state index contributed by atoms with van der Waals surface area (Å²) in [4.78, 5) is 28.7. The highest BCUT2D eigenvalue weighted by molar-refractivity contribution is 8.00. The fourth-order valence-corrected chi connectivity index (χ4v) is 6.54. The second-order valence-electron chi connectivity index (χ2n) is 11.3. The Labute approximate surface area is 263 Å². The highest BCUT2D eigenvalue weighted by Crippen LogP contribution is 2.41. The number of anilines is 1. The monoisotopic (exact) mass is 622 g/mol. The smallest absolute Gasteiger partial charge is 0.319 e. The number of ether oxygens (including phenoxy) is 2. The second-order valence-corrected chi connectivity index (χ2v) is 12.9. The number of aryl methyl sites for hydroxylation is 1. The Balaban J connectivity index is 1.53. The molecule has 0 spiro atoms. The number of benzene rings is 3. The van der Waals surface area contributed by atoms with Crippen LogP contribution in [0.3, 0.4) is 0 Å². The fourth-order valence-electron chi connectivity index (χ4n) is 5.35. The van der Waals surface area contributed by atoms with E-state index in [0.717, 1.165) is 16.7 Å². The molecule has 11 heteroatoms. The van der Waals surface area contributed by atoms with Gasteiger partial charge in [0, 0.05) is 17.4 Å². The molecule has 0 saturated carbocycles. The number of methoxy groups -OCH3 is 2. The number of rotatable bonds is 12. The molecule has 3 aromatic carbocycles. The number of amides is 3. The summed E-state index contributed by atoms with van der Waals surface area (Å²) in [5.41, 5.74) is 3.33. The standard InChI is InChI=1S/C33H42N4O6S/c1-21-11-9-10-14-23(21)19-34-30(39)29-33(2,3)44-20-37(29)31(40)28(38)26(17-22-12-7-6-8-13-22)36-32(41)35-25-18-24(42-4)15-16-27(25)43-5/h6-16,18,26,28-30,34,38-39H,17,19-20H2,1-5H3,(H2,35,36,41)/t26-,28-,29+,30?/m0/s1. The molecule has 1 aliphatic heterocycles. The molecule has 0 aromatic heterocycles. The Morgan fingerprint density at radius 3 is 2.41 bits per heavy atom. The lowest BCUT2D eigenvalue weighted by Crippen LogP contribution is -2.60. The number of nitrogens with one attached hydrogen (secondary N) is 3. The molecule has 1 fully saturated rings. The predicted molar refractivity (Wildman–Crippen MR) is 173 cm³/mol. The van der Waals surface area contributed by atoms with Crippen molar-refractivity contribution in [3.63, 3.8) is 0 Å². The number of carbonyl (C=O) groups is 2. The number of carbonyl (C=O) groups excluding carboxylic acids is 2. The molecular formula is C33H42N4O6S. The number of aliphatic hydroxyl groups excluding tert-OH is 2. The van der Waals surface area contributed by atoms with Crippen LogP contribution in [0, 0.1) is 6.92 Å². The molecular weight excluding hydrogens is 580 g/mol. The van der Waals surface area contributed by atoms with E-state index in [2.05, 4.69) is 16.0 Å². The number of urea groups is 1. The van der Waals surface area contributed by atoms with Gasteiger partial charge in [-0.1, -0.05) is 54.6 Å². The molecule has 0 bridgehead atoms. The molecule has 3 amide bonds. The van der Waals surface area contributed by atoms with Gasteiger partial charge in [-0.25, -0.2) is 4.79 Å². The van der Waals surface area contributed by atoms with Crippen molar-refractivity contribution in [3.05, 3.63) is 89.5 Å². The zero-order valence-electron chi connectivity index (χ0n) is 25.7. The lowest BCUT2D eigenvalue weighted by molar-refractivity contribution is -0.145. The average molecular weight is 623 g/mol. The summed E-state index contributed by atoms with van der Waals surface area (Å²) >= 11 is 1.52. The molecule has 1 saturated heterocycles. The molecule has 1 unspecified atom stereocenters. The normalized spacial score (nSPS) is 17.8. The molecule has 4 atom stereocenters. The molecule has 1 heterocycles. The summed E-state index contributed by atoms with van der Waals surface area (Å²) in [6.07, 6.45) is -2.45. The van der Waals surface area contributed by atoms with Gasteiger partial charge in [-0.05, 0) is 56.0 Å². The van der Waals surface area contributed by atoms with E-state index in [0.29, 0.717) is 23.7 Å². The maximum atomic E-state index is 13.9. The molecule has 0 aliphatic carbocycles. The minimum atomic E-state index is -1.59. The van der Waals surface area contributed by atoms with E-state index in [-0.39, 0.29) is 12.3 Å². The SMILES string of the molecule is COc1ccc(OC)c(NC(=O)N[C@@H](Cc2ccccc2)[C@H](O)C(=O)N2CSC(C)(C)[C@H]2C(O)NCc2ccccc2C)c1. The van der Waals surface area contributed by atoms with Crippen LogP contribution in [0.15, 0.2) is 72.8 Å². The van der Waals surface area contributed by atoms with Gasteiger partial charge in [0.25, 0.3) is 5.91 Å². The minimum Gasteiger partial charge on any atom is -0.497 e. The highest BCUT2D eigenvalue weighted by atomic mass is 32.2. The van der Waals surface area contributed by atoms with Gasteiger partial charge in [-0.2, -0.15) is 0 Å². The van der Waals surface area contributed by atoms with E-state index in [1.807, 2.05) is 75.4 Å². The number of thioether (sulfide) groups is 1. The lowest BCUT2D eigenvalue weighted by Gasteiger charge is -2.37. The third-order valence-corrected chi connectivity index (χ3v) is 9.27. The van der Waals surface area contributed by atoms with Gasteiger partial charge < -0.3 is 35.2 Å². The Bertz CT molecular complexity index is 1420. The van der Waals surface area contributed by atoms with Crippen molar-refractivity contribution >= 4 is 29.4 Å². The third kappa shape index (κ3) is 8.03. The van der Waals surface area contributed by atoms with Crippen LogP contribution in [-0.2, 0) is 17.8 Å². The topological polar surface area (TPSA) is 132 Å². The average Bonchev–Trinajstić information content (AvgIpc) is 3.34. The summed E-state index contributed by atoms with van der Waals surface area (Å²) in [7, 11) is 3.01. The summed E-state index contributed by atoms with van der Waals surface area (Å²) in [5.74, 6) is 0.641. The Hall–Kier alpha value is -3.77. The lowest BCUT2D eigenvalue weighted by atomic mass is 9.96. The molecule has 5 N–H and O–H groups in total. The van der Waals surface area contributed by atoms with E-state index < -0.39 is 41.1 Å². The van der Waals surface area contributed by atoms with E-state index in [4.69, 9.17) is 9.47 Å². The van der Waals surface area contributed by atoms with Gasteiger partial charge in [-0.15, -0.1) is 11.8 Å². The van der Waals surface area contributed by atoms with Crippen molar-refractivity contribution in [1.29, 1.82) is 0 Å². The number of hydrogen-bond donors (Lipinski definition) is 5. The first-order chi connectivity index (χ1) is 21.0. The fraction of sp³-hybridized carbons (Fsp3) is 0.394. The van der Waals surface area contributed by atoms with Crippen LogP contribution in [0.4, 0.5) is 10.5 Å². The van der Waals surface area contributed by atoms with Crippen molar-refractivity contribution in [1.82, 2.24) is 15.5 Å². The van der Waals surface area contributed by atoms with E-state index >= 15 is 0 Å². The first kappa shape index (κ1) is 33.1. The molecule has 0 radical (unpaired) electrons. The molecule has 4 rings (SSSR count). The number of hydrogen-bond acceptors (Lipinski definition) is 8. The van der Waals surface area contributed by atoms with Crippen molar-refractivity contribution in [2.24, 2.45) is 0 Å². The first-order valence-corrected chi connectivity index (χ1v) is 15.4. The van der Waals surface area contributed by atoms with Crippen LogP contribution in [0.25, 0.3) is 0 Å². The summed E-state index contributed by atoms with van der Waals surface area (Å²) in [6.45, 7) is 6.36. The van der Waals surface area contributed by atoms with Gasteiger partial charge in [0.05, 0.1) is 37.9 Å². The zero-order valence-corrected chi connectivity index (χ0v) is 26.6. The van der Waals surface area contributed by atoms with Crippen LogP contribution in [0.5, 0.6) is 11.5 Å². The van der Waals surface area contributed by atoms with E-state index in [1.165, 1.54) is 30.9 Å². The zero-order chi connectivity index (χ0) is 31.9. The van der Waals surface area contributed by atoms with Crippen molar-refractivity contribution in [2.75, 3.05) is 25.4 Å². The largest absolute Gasteiger partial charge is 0.497 e. The Kier molecular flexibility index (Phi) is 11.1. The van der Waals surface area contributed by atoms with Crippen LogP contribution in [0.2, 0.25) is 0 Å². The molecule has 1 aliphatic rings. The predicted octanol–water partition coefficient (Wildman–Crippen LogP) is 3.89. The van der Waals surface area contributed by atoms with Gasteiger partial charge in [0.15, 0.2) is 6.10 Å². The summed E-state index contributed by atoms with van der Waals surface area (Å²) < 4.78 is 10.1. The Morgan fingerprint density at radius 1 is 1.02 bits per heavy atom. The van der Waals surface area contributed by atoms with Crippen LogP contribution >= 0.6 is 11.8 Å². The minimum absolute atomic E-state index is 0.194. The summed E-state index contributed by atoms with van der Waals surface area (Å²) in [6, 6.07) is 20.0. The van der Waals surface area contributed by atoms with Gasteiger partial charge in [0.2, 0.25) is 0 Å². The maximum absolute atomic E-state index is 13.9. The van der Waals surface area contributed by atoms with Crippen molar-refractivity contribution in [3.8, 4) is 11.5 Å². The number of nitrogens with zero attached hydrogens (tertiary/aromatic N) is 1. The molecule has 236 valence electrons. The van der Waals surface area contributed by atoms with Gasteiger partial charge in [0.1, 0.15) is 17.7 Å². The van der Waals surface area contributed by atoms with Crippen LogP contribution in [-0.4, -0.2) is 76.3 Å². The van der Waals surface area contributed by atoms with Crippen LogP contribution < -0.4 is 25.4 Å². The quantitative estimate of drug-likeness (QED) is 0.192. The highest BCUT2D eigenvalue weighted by Gasteiger charge is 2.49. The van der Waals surface area contributed by atoms with E-state index in [1.54, 1.807) is 18.2 Å². The first-order valence-electron chi connectivity index (χ1n) is 14.5. The maximum Gasteiger partial charge on any atom is 0.319 e. The molecule has 10 nitrogen and oxygen atoms in total.